The smallest absolute Gasteiger partial charge is 0.218 e. The normalized spacial score (nSPS) is 10.7. The Bertz CT molecular complexity index is 511. The van der Waals surface area contributed by atoms with Crippen LogP contribution < -0.4 is 0 Å². The van der Waals surface area contributed by atoms with Crippen LogP contribution in [-0.2, 0) is 0 Å². The second-order valence-corrected chi connectivity index (χ2v) is 3.99. The summed E-state index contributed by atoms with van der Waals surface area (Å²) < 4.78 is 0.861. The molecule has 0 unspecified atom stereocenters. The summed E-state index contributed by atoms with van der Waals surface area (Å²) in [4.78, 5) is 3.96. The van der Waals surface area contributed by atoms with E-state index in [0.29, 0.717) is 16.5 Å². The van der Waals surface area contributed by atoms with Crippen molar-refractivity contribution < 1.29 is 10.2 Å². The quantitative estimate of drug-likeness (QED) is 0.759. The third kappa shape index (κ3) is 1.32. The van der Waals surface area contributed by atoms with Crippen LogP contribution in [0.25, 0.3) is 10.9 Å². The molecule has 1 heterocycles. The Kier molecular flexibility index (Phi) is 2.07. The van der Waals surface area contributed by atoms with E-state index in [1.54, 1.807) is 19.1 Å². The SMILES string of the molecule is Cc1c(O)nc2cc(Br)ccc2c1O. The van der Waals surface area contributed by atoms with Gasteiger partial charge in [0.15, 0.2) is 0 Å². The van der Waals surface area contributed by atoms with Crippen molar-refractivity contribution in [3.05, 3.63) is 28.2 Å². The maximum atomic E-state index is 9.71. The van der Waals surface area contributed by atoms with Crippen molar-refractivity contribution in [2.24, 2.45) is 0 Å². The van der Waals surface area contributed by atoms with Crippen molar-refractivity contribution >= 4 is 26.8 Å². The van der Waals surface area contributed by atoms with Crippen LogP contribution >= 0.6 is 15.9 Å². The average molecular weight is 254 g/mol. The first-order chi connectivity index (χ1) is 6.59. The first-order valence-corrected chi connectivity index (χ1v) is 4.86. The van der Waals surface area contributed by atoms with Gasteiger partial charge in [-0.15, -0.1) is 0 Å². The van der Waals surface area contributed by atoms with E-state index in [1.165, 1.54) is 0 Å². The Labute approximate surface area is 89.2 Å². The summed E-state index contributed by atoms with van der Waals surface area (Å²) in [5, 5.41) is 19.8. The lowest BCUT2D eigenvalue weighted by molar-refractivity contribution is 0.433. The molecule has 0 fully saturated rings. The molecule has 0 spiro atoms. The molecular weight excluding hydrogens is 246 g/mol. The van der Waals surface area contributed by atoms with Gasteiger partial charge in [0.1, 0.15) is 5.75 Å². The largest absolute Gasteiger partial charge is 0.507 e. The number of rotatable bonds is 0. The topological polar surface area (TPSA) is 53.4 Å². The number of aromatic hydroxyl groups is 2. The predicted molar refractivity (Wildman–Crippen MR) is 57.5 cm³/mol. The second kappa shape index (κ2) is 3.13. The van der Waals surface area contributed by atoms with E-state index in [-0.39, 0.29) is 11.6 Å². The molecule has 3 nitrogen and oxygen atoms in total. The molecule has 72 valence electrons. The predicted octanol–water partition coefficient (Wildman–Crippen LogP) is 2.72. The lowest BCUT2D eigenvalue weighted by atomic mass is 10.1. The lowest BCUT2D eigenvalue weighted by Crippen LogP contribution is -1.85. The van der Waals surface area contributed by atoms with E-state index in [9.17, 15) is 10.2 Å². The van der Waals surface area contributed by atoms with Crippen molar-refractivity contribution in [1.82, 2.24) is 4.98 Å². The van der Waals surface area contributed by atoms with Crippen LogP contribution in [0, 0.1) is 6.92 Å². The fraction of sp³-hybridized carbons (Fsp3) is 0.100. The molecule has 0 aliphatic heterocycles. The minimum absolute atomic E-state index is 0.0833. The van der Waals surface area contributed by atoms with Gasteiger partial charge in [0.2, 0.25) is 5.88 Å². The number of halogens is 1. The summed E-state index contributed by atoms with van der Waals surface area (Å²) in [7, 11) is 0. The summed E-state index contributed by atoms with van der Waals surface area (Å²) in [6, 6.07) is 5.32. The van der Waals surface area contributed by atoms with E-state index < -0.39 is 0 Å². The van der Waals surface area contributed by atoms with Crippen molar-refractivity contribution in [2.75, 3.05) is 0 Å². The highest BCUT2D eigenvalue weighted by atomic mass is 79.9. The Morgan fingerprint density at radius 1 is 1.29 bits per heavy atom. The molecule has 0 saturated carbocycles. The molecule has 0 radical (unpaired) electrons. The van der Waals surface area contributed by atoms with E-state index in [1.807, 2.05) is 6.07 Å². The summed E-state index contributed by atoms with van der Waals surface area (Å²) in [5.41, 5.74) is 0.972. The number of hydrogen-bond acceptors (Lipinski definition) is 3. The van der Waals surface area contributed by atoms with Crippen molar-refractivity contribution in [2.45, 2.75) is 6.92 Å². The van der Waals surface area contributed by atoms with E-state index in [4.69, 9.17) is 0 Å². The minimum atomic E-state index is -0.131. The third-order valence-electron chi connectivity index (χ3n) is 2.13. The molecule has 2 aromatic rings. The van der Waals surface area contributed by atoms with Crippen LogP contribution in [0.15, 0.2) is 22.7 Å². The number of hydrogen-bond donors (Lipinski definition) is 2. The van der Waals surface area contributed by atoms with Gasteiger partial charge in [-0.2, -0.15) is 0 Å². The van der Waals surface area contributed by atoms with E-state index in [0.717, 1.165) is 4.47 Å². The molecule has 0 aliphatic carbocycles. The monoisotopic (exact) mass is 253 g/mol. The van der Waals surface area contributed by atoms with Gasteiger partial charge in [0.25, 0.3) is 0 Å². The Hall–Kier alpha value is -1.29. The van der Waals surface area contributed by atoms with Gasteiger partial charge in [-0.3, -0.25) is 0 Å². The Morgan fingerprint density at radius 3 is 2.71 bits per heavy atom. The number of pyridine rings is 1. The van der Waals surface area contributed by atoms with Gasteiger partial charge in [0, 0.05) is 9.86 Å². The fourth-order valence-electron chi connectivity index (χ4n) is 1.30. The van der Waals surface area contributed by atoms with E-state index >= 15 is 0 Å². The van der Waals surface area contributed by atoms with Crippen LogP contribution in [0.3, 0.4) is 0 Å². The van der Waals surface area contributed by atoms with Crippen molar-refractivity contribution in [3.63, 3.8) is 0 Å². The highest BCUT2D eigenvalue weighted by Gasteiger charge is 2.09. The summed E-state index contributed by atoms with van der Waals surface area (Å²) in [6.07, 6.45) is 0. The zero-order valence-electron chi connectivity index (χ0n) is 7.45. The first-order valence-electron chi connectivity index (χ1n) is 4.07. The van der Waals surface area contributed by atoms with Crippen LogP contribution in [0.1, 0.15) is 5.56 Å². The molecule has 1 aromatic heterocycles. The van der Waals surface area contributed by atoms with Crippen LogP contribution in [0.4, 0.5) is 0 Å². The maximum Gasteiger partial charge on any atom is 0.218 e. The van der Waals surface area contributed by atoms with Crippen LogP contribution in [0.2, 0.25) is 0 Å². The second-order valence-electron chi connectivity index (χ2n) is 3.07. The van der Waals surface area contributed by atoms with Gasteiger partial charge in [-0.25, -0.2) is 4.98 Å². The lowest BCUT2D eigenvalue weighted by Gasteiger charge is -2.05. The van der Waals surface area contributed by atoms with Gasteiger partial charge < -0.3 is 10.2 Å². The molecule has 1 aromatic carbocycles. The standard InChI is InChI=1S/C10H8BrNO2/c1-5-9(13)7-3-2-6(11)4-8(7)12-10(5)14/h2-4H,1H3,(H2,12,13,14). The van der Waals surface area contributed by atoms with Gasteiger partial charge in [0.05, 0.1) is 11.1 Å². The zero-order chi connectivity index (χ0) is 10.3. The molecule has 0 atom stereocenters. The summed E-state index contributed by atoms with van der Waals surface area (Å²) in [6.45, 7) is 1.62. The summed E-state index contributed by atoms with van der Waals surface area (Å²) in [5.74, 6) is -0.0481. The Balaban J connectivity index is 2.91. The average Bonchev–Trinajstić information content (AvgIpc) is 2.14. The molecule has 4 heteroatoms. The molecule has 0 amide bonds. The van der Waals surface area contributed by atoms with Gasteiger partial charge in [-0.05, 0) is 25.1 Å². The van der Waals surface area contributed by atoms with Crippen molar-refractivity contribution in [1.29, 1.82) is 0 Å². The first kappa shape index (κ1) is 9.27. The van der Waals surface area contributed by atoms with Crippen molar-refractivity contribution in [3.8, 4) is 11.6 Å². The highest BCUT2D eigenvalue weighted by Crippen LogP contribution is 2.33. The molecule has 0 aliphatic rings. The number of aromatic nitrogens is 1. The zero-order valence-corrected chi connectivity index (χ0v) is 9.04. The minimum Gasteiger partial charge on any atom is -0.507 e. The van der Waals surface area contributed by atoms with E-state index in [2.05, 4.69) is 20.9 Å². The number of nitrogens with zero attached hydrogens (tertiary/aromatic N) is 1. The van der Waals surface area contributed by atoms with Gasteiger partial charge >= 0.3 is 0 Å². The van der Waals surface area contributed by atoms with Gasteiger partial charge in [-0.1, -0.05) is 15.9 Å². The summed E-state index contributed by atoms with van der Waals surface area (Å²) >= 11 is 3.30. The number of fused-ring (bicyclic) bond motifs is 1. The maximum absolute atomic E-state index is 9.71. The molecular formula is C10H8BrNO2. The molecule has 0 saturated heterocycles. The molecule has 2 rings (SSSR count). The fourth-order valence-corrected chi connectivity index (χ4v) is 1.65. The van der Waals surface area contributed by atoms with Crippen LogP contribution in [-0.4, -0.2) is 15.2 Å². The molecule has 2 N–H and O–H groups in total. The molecule has 14 heavy (non-hydrogen) atoms. The Morgan fingerprint density at radius 2 is 2.00 bits per heavy atom. The highest BCUT2D eigenvalue weighted by molar-refractivity contribution is 9.10. The molecule has 0 bridgehead atoms. The number of benzene rings is 1. The van der Waals surface area contributed by atoms with Crippen LogP contribution in [0.5, 0.6) is 11.6 Å². The third-order valence-corrected chi connectivity index (χ3v) is 2.63.